The van der Waals surface area contributed by atoms with E-state index in [-0.39, 0.29) is 29.2 Å². The second-order valence-electron chi connectivity index (χ2n) is 8.37. The fourth-order valence-electron chi connectivity index (χ4n) is 4.07. The average Bonchev–Trinajstić information content (AvgIpc) is 2.83. The van der Waals surface area contributed by atoms with Gasteiger partial charge in [-0.25, -0.2) is 8.78 Å². The summed E-state index contributed by atoms with van der Waals surface area (Å²) >= 11 is 0. The zero-order valence-corrected chi connectivity index (χ0v) is 18.8. The molecule has 2 atom stereocenters. The van der Waals surface area contributed by atoms with E-state index in [1.54, 1.807) is 30.3 Å². The van der Waals surface area contributed by atoms with Crippen molar-refractivity contribution >= 4 is 0 Å². The van der Waals surface area contributed by atoms with Crippen LogP contribution in [-0.4, -0.2) is 12.7 Å². The van der Waals surface area contributed by atoms with Crippen LogP contribution in [0.3, 0.4) is 0 Å². The third-order valence-corrected chi connectivity index (χ3v) is 6.05. The Balaban J connectivity index is 1.53. The van der Waals surface area contributed by atoms with Crippen molar-refractivity contribution in [2.75, 3.05) is 6.61 Å². The van der Waals surface area contributed by atoms with E-state index in [1.807, 2.05) is 26.0 Å². The van der Waals surface area contributed by atoms with Gasteiger partial charge in [-0.1, -0.05) is 43.3 Å². The number of halogens is 3. The first-order chi connectivity index (χ1) is 16.0. The van der Waals surface area contributed by atoms with Gasteiger partial charge in [0.15, 0.2) is 11.6 Å². The van der Waals surface area contributed by atoms with E-state index >= 15 is 0 Å². The van der Waals surface area contributed by atoms with E-state index in [1.165, 1.54) is 24.5 Å². The van der Waals surface area contributed by atoms with Crippen LogP contribution in [0.2, 0.25) is 0 Å². The predicted molar refractivity (Wildman–Crippen MR) is 125 cm³/mol. The summed E-state index contributed by atoms with van der Waals surface area (Å²) in [6.07, 6.45) is 5.85. The van der Waals surface area contributed by atoms with Gasteiger partial charge < -0.3 is 9.47 Å². The average molecular weight is 453 g/mol. The summed E-state index contributed by atoms with van der Waals surface area (Å²) in [4.78, 5) is 0. The number of hydrogen-bond acceptors (Lipinski definition) is 2. The van der Waals surface area contributed by atoms with Crippen LogP contribution in [0.5, 0.6) is 5.75 Å². The maximum absolute atomic E-state index is 14.8. The quantitative estimate of drug-likeness (QED) is 0.353. The molecule has 2 nitrogen and oxygen atoms in total. The molecule has 4 rings (SSSR count). The van der Waals surface area contributed by atoms with Gasteiger partial charge in [0.25, 0.3) is 0 Å². The van der Waals surface area contributed by atoms with Gasteiger partial charge in [0, 0.05) is 11.5 Å². The van der Waals surface area contributed by atoms with Crippen molar-refractivity contribution in [3.05, 3.63) is 90.0 Å². The maximum Gasteiger partial charge on any atom is 0.201 e. The molecule has 0 spiro atoms. The lowest BCUT2D eigenvalue weighted by atomic mass is 9.90. The van der Waals surface area contributed by atoms with E-state index in [9.17, 15) is 13.2 Å². The molecule has 1 saturated heterocycles. The van der Waals surface area contributed by atoms with E-state index in [4.69, 9.17) is 9.47 Å². The van der Waals surface area contributed by atoms with Crippen LogP contribution in [0.4, 0.5) is 13.2 Å². The molecule has 0 aromatic heterocycles. The highest BCUT2D eigenvalue weighted by Gasteiger charge is 2.23. The van der Waals surface area contributed by atoms with Crippen molar-refractivity contribution in [3.8, 4) is 28.0 Å². The first-order valence-corrected chi connectivity index (χ1v) is 11.3. The minimum Gasteiger partial charge on any atom is -0.462 e. The third kappa shape index (κ3) is 5.14. The van der Waals surface area contributed by atoms with E-state index in [0.717, 1.165) is 30.4 Å². The summed E-state index contributed by atoms with van der Waals surface area (Å²) in [5, 5.41) is 0. The van der Waals surface area contributed by atoms with Crippen molar-refractivity contribution in [1.82, 2.24) is 0 Å². The Kier molecular flexibility index (Phi) is 7.19. The molecule has 5 heteroatoms. The Hall–Kier alpha value is -3.05. The van der Waals surface area contributed by atoms with E-state index in [2.05, 4.69) is 0 Å². The van der Waals surface area contributed by atoms with E-state index in [0.29, 0.717) is 17.7 Å². The molecule has 1 aliphatic rings. The van der Waals surface area contributed by atoms with Crippen LogP contribution in [0.25, 0.3) is 22.3 Å². The van der Waals surface area contributed by atoms with Gasteiger partial charge in [-0.15, -0.1) is 0 Å². The lowest BCUT2D eigenvalue weighted by Crippen LogP contribution is -2.22. The predicted octanol–water partition coefficient (Wildman–Crippen LogP) is 8.02. The van der Waals surface area contributed by atoms with Gasteiger partial charge in [0.2, 0.25) is 5.82 Å². The zero-order valence-electron chi connectivity index (χ0n) is 18.8. The Morgan fingerprint density at radius 1 is 0.909 bits per heavy atom. The molecule has 0 bridgehead atoms. The Morgan fingerprint density at radius 3 is 2.30 bits per heavy atom. The van der Waals surface area contributed by atoms with Crippen LogP contribution in [-0.2, 0) is 4.74 Å². The van der Waals surface area contributed by atoms with Gasteiger partial charge in [-0.05, 0) is 72.7 Å². The minimum absolute atomic E-state index is 0.0694. The van der Waals surface area contributed by atoms with Crippen molar-refractivity contribution in [3.63, 3.8) is 0 Å². The van der Waals surface area contributed by atoms with Crippen LogP contribution in [0, 0.1) is 17.5 Å². The highest BCUT2D eigenvalue weighted by atomic mass is 19.2. The molecule has 0 radical (unpaired) electrons. The molecule has 0 amide bonds. The van der Waals surface area contributed by atoms with Crippen LogP contribution >= 0.6 is 0 Å². The van der Waals surface area contributed by atoms with Gasteiger partial charge >= 0.3 is 0 Å². The van der Waals surface area contributed by atoms with Crippen LogP contribution < -0.4 is 4.74 Å². The zero-order chi connectivity index (χ0) is 23.4. The molecule has 1 fully saturated rings. The highest BCUT2D eigenvalue weighted by molar-refractivity contribution is 5.71. The molecule has 3 aromatic carbocycles. The van der Waals surface area contributed by atoms with Gasteiger partial charge in [-0.2, -0.15) is 4.39 Å². The molecule has 0 aliphatic carbocycles. The molecule has 1 heterocycles. The second-order valence-corrected chi connectivity index (χ2v) is 8.37. The SMILES string of the molecule is CC/C=C\Oc1ccc(-c2ccc(-c3ccc(C4CCC(C)OC4)c(F)c3)cc2)c(F)c1F. The Morgan fingerprint density at radius 2 is 1.64 bits per heavy atom. The molecular weight excluding hydrogens is 425 g/mol. The standard InChI is InChI=1S/C28H27F3O2/c1-3-4-15-32-26-14-13-24(27(30)28(26)31)20-9-7-19(8-10-20)21-11-12-23(25(29)16-21)22-6-5-18(2)33-17-22/h4,7-16,18,22H,3,5-6,17H2,1-2H3/b15-4-. The Bertz CT molecular complexity index is 1130. The molecule has 0 N–H and O–H groups in total. The molecule has 0 saturated carbocycles. The summed E-state index contributed by atoms with van der Waals surface area (Å²) in [5.41, 5.74) is 2.86. The summed E-state index contributed by atoms with van der Waals surface area (Å²) in [6.45, 7) is 4.48. The normalized spacial score (nSPS) is 18.6. The number of benzene rings is 3. The number of rotatable bonds is 6. The first-order valence-electron chi connectivity index (χ1n) is 11.3. The molecular formula is C28H27F3O2. The van der Waals surface area contributed by atoms with Crippen LogP contribution in [0.15, 0.2) is 66.9 Å². The topological polar surface area (TPSA) is 18.5 Å². The fourth-order valence-corrected chi connectivity index (χ4v) is 4.07. The second kappa shape index (κ2) is 10.3. The smallest absolute Gasteiger partial charge is 0.201 e. The van der Waals surface area contributed by atoms with Crippen molar-refractivity contribution in [2.24, 2.45) is 0 Å². The van der Waals surface area contributed by atoms with E-state index < -0.39 is 11.6 Å². The first kappa shape index (κ1) is 23.1. The fraction of sp³-hybridized carbons (Fsp3) is 0.286. The van der Waals surface area contributed by atoms with Crippen molar-refractivity contribution in [1.29, 1.82) is 0 Å². The minimum atomic E-state index is -1.03. The molecule has 1 aliphatic heterocycles. The van der Waals surface area contributed by atoms with Crippen molar-refractivity contribution < 1.29 is 22.6 Å². The van der Waals surface area contributed by atoms with Crippen LogP contribution in [0.1, 0.15) is 44.6 Å². The lowest BCUT2D eigenvalue weighted by molar-refractivity contribution is 0.0148. The lowest BCUT2D eigenvalue weighted by Gasteiger charge is -2.27. The summed E-state index contributed by atoms with van der Waals surface area (Å²) in [5.74, 6) is -2.34. The molecule has 172 valence electrons. The highest BCUT2D eigenvalue weighted by Crippen LogP contribution is 2.34. The molecule has 2 unspecified atom stereocenters. The molecule has 3 aromatic rings. The third-order valence-electron chi connectivity index (χ3n) is 6.05. The van der Waals surface area contributed by atoms with Crippen molar-refractivity contribution in [2.45, 2.75) is 45.1 Å². The summed E-state index contributed by atoms with van der Waals surface area (Å²) in [6, 6.07) is 15.1. The van der Waals surface area contributed by atoms with Gasteiger partial charge in [0.05, 0.1) is 19.0 Å². The number of ether oxygens (including phenoxy) is 2. The monoisotopic (exact) mass is 452 g/mol. The Labute approximate surface area is 192 Å². The summed E-state index contributed by atoms with van der Waals surface area (Å²) in [7, 11) is 0. The van der Waals surface area contributed by atoms with Gasteiger partial charge in [0.1, 0.15) is 5.82 Å². The summed E-state index contributed by atoms with van der Waals surface area (Å²) < 4.78 is 54.7. The largest absolute Gasteiger partial charge is 0.462 e. The maximum atomic E-state index is 14.8. The number of allylic oxidation sites excluding steroid dienone is 1. The van der Waals surface area contributed by atoms with Gasteiger partial charge in [-0.3, -0.25) is 0 Å². The molecule has 33 heavy (non-hydrogen) atoms. The number of hydrogen-bond donors (Lipinski definition) is 0.